The maximum Gasteiger partial charge on any atom is 1.00 e. The van der Waals surface area contributed by atoms with E-state index in [9.17, 15) is 26.3 Å². The Kier molecular flexibility index (Phi) is 18.2. The van der Waals surface area contributed by atoms with Crippen molar-refractivity contribution < 1.29 is 82.5 Å². The molecule has 0 atom stereocenters. The molecule has 1 aliphatic carbocycles. The van der Waals surface area contributed by atoms with Crippen LogP contribution in [0.3, 0.4) is 0 Å². The molecule has 0 bridgehead atoms. The Hall–Kier alpha value is -1.76. The average molecular weight is 689 g/mol. The van der Waals surface area contributed by atoms with E-state index < -0.39 is 29.2 Å². The Morgan fingerprint density at radius 3 is 2.09 bits per heavy atom. The van der Waals surface area contributed by atoms with E-state index in [0.29, 0.717) is 18.2 Å². The number of benzene rings is 2. The molecule has 1 N–H and O–H groups in total. The molecule has 0 unspecified atom stereocenters. The average Bonchev–Trinajstić information content (AvgIpc) is 3.47. The summed E-state index contributed by atoms with van der Waals surface area (Å²) in [7, 11) is 0. The quantitative estimate of drug-likeness (QED) is 0.0468. The summed E-state index contributed by atoms with van der Waals surface area (Å²) in [6.45, 7) is 10.3. The molecule has 1 fully saturated rings. The van der Waals surface area contributed by atoms with E-state index in [1.807, 2.05) is 18.7 Å². The number of hydrogen-bond acceptors (Lipinski definition) is 3. The first-order valence-corrected chi connectivity index (χ1v) is 16.2. The van der Waals surface area contributed by atoms with Crippen LogP contribution in [0.4, 0.5) is 32.0 Å². The van der Waals surface area contributed by atoms with Crippen molar-refractivity contribution in [3.05, 3.63) is 89.2 Å². The number of nitrogens with zero attached hydrogens (tertiary/aromatic N) is 2. The van der Waals surface area contributed by atoms with Gasteiger partial charge in [-0.3, -0.25) is 0 Å². The van der Waals surface area contributed by atoms with Gasteiger partial charge in [-0.25, -0.2) is 0 Å². The molecule has 0 amide bonds. The maximum absolute atomic E-state index is 13.1. The molecule has 4 rings (SSSR count). The van der Waals surface area contributed by atoms with E-state index in [2.05, 4.69) is 60.7 Å². The summed E-state index contributed by atoms with van der Waals surface area (Å²) < 4.78 is 83.9. The predicted octanol–water partition coefficient (Wildman–Crippen LogP) is 7.95. The summed E-state index contributed by atoms with van der Waals surface area (Å²) in [4.78, 5) is 6.22. The first kappa shape index (κ1) is 41.4. The molecular formula is C36H45F6KN3O-. The van der Waals surface area contributed by atoms with Crippen LogP contribution in [0.1, 0.15) is 101 Å². The summed E-state index contributed by atoms with van der Waals surface area (Å²) in [5, 5.41) is 2.33. The van der Waals surface area contributed by atoms with Crippen molar-refractivity contribution in [2.45, 2.75) is 103 Å². The minimum absolute atomic E-state index is 0. The third kappa shape index (κ3) is 13.9. The van der Waals surface area contributed by atoms with Gasteiger partial charge in [0.25, 0.3) is 0 Å². The monoisotopic (exact) mass is 688 g/mol. The van der Waals surface area contributed by atoms with E-state index in [0.717, 1.165) is 68.4 Å². The molecule has 11 heteroatoms. The van der Waals surface area contributed by atoms with Gasteiger partial charge >= 0.3 is 63.7 Å². The Morgan fingerprint density at radius 2 is 1.53 bits per heavy atom. The molecule has 1 heterocycles. The van der Waals surface area contributed by atoms with Crippen LogP contribution in [-0.2, 0) is 23.5 Å². The topological polar surface area (TPSA) is 36.9 Å². The van der Waals surface area contributed by atoms with Gasteiger partial charge in [0, 0.05) is 30.4 Å². The van der Waals surface area contributed by atoms with Crippen molar-refractivity contribution in [2.75, 3.05) is 18.5 Å². The number of halogens is 6. The minimum atomic E-state index is -4.93. The second-order valence-electron chi connectivity index (χ2n) is 11.5. The zero-order chi connectivity index (χ0) is 33.6. The van der Waals surface area contributed by atoms with Crippen molar-refractivity contribution in [1.29, 1.82) is 0 Å². The number of aliphatic imine (C=N–C) groups is 1. The summed E-state index contributed by atoms with van der Waals surface area (Å²) in [5.74, 6) is 0. The van der Waals surface area contributed by atoms with Crippen LogP contribution in [0, 0.1) is 6.54 Å². The molecule has 254 valence electrons. The molecule has 4 nitrogen and oxygen atoms in total. The molecule has 1 aliphatic heterocycles. The fraction of sp³-hybridized carbons (Fsp3) is 0.500. The van der Waals surface area contributed by atoms with Crippen LogP contribution in [0.25, 0.3) is 5.57 Å². The molecule has 2 aromatic carbocycles. The zero-order valence-corrected chi connectivity index (χ0v) is 31.0. The van der Waals surface area contributed by atoms with Gasteiger partial charge in [-0.2, -0.15) is 26.3 Å². The Balaban J connectivity index is 0.000000674. The van der Waals surface area contributed by atoms with Crippen LogP contribution < -0.4 is 56.7 Å². The molecule has 0 saturated heterocycles. The molecule has 2 aliphatic rings. The largest absolute Gasteiger partial charge is 1.00 e. The van der Waals surface area contributed by atoms with Gasteiger partial charge in [-0.05, 0) is 50.1 Å². The van der Waals surface area contributed by atoms with E-state index in [1.54, 1.807) is 0 Å². The number of rotatable bonds is 12. The van der Waals surface area contributed by atoms with E-state index >= 15 is 0 Å². The van der Waals surface area contributed by atoms with Crippen molar-refractivity contribution in [3.63, 3.8) is 0 Å². The molecule has 0 aromatic heterocycles. The SMILES string of the molecule is CCCCCOCCC.CCc1ccc(C2=CN(C3CCCCC3)[CH-]/C2=C\N=[C-]Nc2cc(C(F)(F)F)cc(C(F)(F)F)c2)cc1.[K+]. The van der Waals surface area contributed by atoms with E-state index in [4.69, 9.17) is 4.74 Å². The number of alkyl halides is 6. The number of anilines is 1. The van der Waals surface area contributed by atoms with Crippen LogP contribution in [-0.4, -0.2) is 30.5 Å². The zero-order valence-electron chi connectivity index (χ0n) is 27.9. The van der Waals surface area contributed by atoms with Crippen molar-refractivity contribution in [2.24, 2.45) is 4.99 Å². The van der Waals surface area contributed by atoms with Crippen LogP contribution in [0.15, 0.2) is 65.4 Å². The smallest absolute Gasteiger partial charge is 0.452 e. The normalized spacial score (nSPS) is 16.4. The molecule has 0 spiro atoms. The Labute approximate surface area is 318 Å². The van der Waals surface area contributed by atoms with Crippen LogP contribution in [0.2, 0.25) is 0 Å². The van der Waals surface area contributed by atoms with Gasteiger partial charge < -0.3 is 19.9 Å². The number of nitrogens with one attached hydrogen (secondary N) is 1. The molecule has 0 radical (unpaired) electrons. The number of hydrogen-bond donors (Lipinski definition) is 1. The fourth-order valence-electron chi connectivity index (χ4n) is 5.27. The third-order valence-corrected chi connectivity index (χ3v) is 7.84. The maximum atomic E-state index is 13.1. The number of unbranched alkanes of at least 4 members (excludes halogenated alkanes) is 2. The summed E-state index contributed by atoms with van der Waals surface area (Å²) >= 11 is 0. The van der Waals surface area contributed by atoms with Gasteiger partial charge in [0.2, 0.25) is 0 Å². The van der Waals surface area contributed by atoms with Crippen LogP contribution >= 0.6 is 0 Å². The third-order valence-electron chi connectivity index (χ3n) is 7.84. The van der Waals surface area contributed by atoms with Crippen LogP contribution in [0.5, 0.6) is 0 Å². The second-order valence-corrected chi connectivity index (χ2v) is 11.5. The minimum Gasteiger partial charge on any atom is -0.452 e. The van der Waals surface area contributed by atoms with Gasteiger partial charge in [0.05, 0.1) is 0 Å². The summed E-state index contributed by atoms with van der Waals surface area (Å²) in [5.41, 5.74) is 0.705. The van der Waals surface area contributed by atoms with E-state index in [-0.39, 0.29) is 57.5 Å². The Bertz CT molecular complexity index is 1260. The Morgan fingerprint density at radius 1 is 0.894 bits per heavy atom. The van der Waals surface area contributed by atoms with Gasteiger partial charge in [0.1, 0.15) is 0 Å². The van der Waals surface area contributed by atoms with Crippen molar-refractivity contribution in [1.82, 2.24) is 4.90 Å². The van der Waals surface area contributed by atoms with Gasteiger partial charge in [0.15, 0.2) is 0 Å². The first-order chi connectivity index (χ1) is 22.0. The number of ether oxygens (including phenoxy) is 1. The fourth-order valence-corrected chi connectivity index (χ4v) is 5.27. The molecular weight excluding hydrogens is 644 g/mol. The summed E-state index contributed by atoms with van der Waals surface area (Å²) in [6.07, 6.45) is 7.70. The molecule has 47 heavy (non-hydrogen) atoms. The van der Waals surface area contributed by atoms with Crippen molar-refractivity contribution in [3.8, 4) is 0 Å². The van der Waals surface area contributed by atoms with Gasteiger partial charge in [-0.1, -0.05) is 119 Å². The second kappa shape index (κ2) is 20.7. The molecule has 1 saturated carbocycles. The predicted molar refractivity (Wildman–Crippen MR) is 173 cm³/mol. The van der Waals surface area contributed by atoms with Crippen molar-refractivity contribution >= 4 is 17.6 Å². The van der Waals surface area contributed by atoms with E-state index in [1.165, 1.54) is 37.4 Å². The first-order valence-electron chi connectivity index (χ1n) is 16.2. The summed E-state index contributed by atoms with van der Waals surface area (Å²) in [6, 6.07) is 9.82. The number of aryl methyl sites for hydroxylation is 1. The van der Waals surface area contributed by atoms with Gasteiger partial charge in [-0.15, -0.1) is 11.1 Å². The standard InChI is InChI=1S/C28H27F6N3.C8H18O.K/c1-2-19-8-10-20(11-9-19)26-17-37(25-6-4-3-5-7-25)16-21(26)15-35-18-36-24-13-22(27(29,30)31)12-23(14-24)28(32,33)34;1-3-5-6-8-9-7-4-2;/h8-17,25H,2-7H2,1H3,(H,35,36);3-8H2,1-2H3;/q-2;;+1/b21-15+;;. The molecule has 2 aromatic rings.